The summed E-state index contributed by atoms with van der Waals surface area (Å²) in [6, 6.07) is -0.524. The third-order valence-electron chi connectivity index (χ3n) is 4.23. The van der Waals surface area contributed by atoms with E-state index in [4.69, 9.17) is 4.74 Å². The number of nitrogens with one attached hydrogen (secondary N) is 1. The standard InChI is InChI=1S/C15H28N2O3/c1-7-15(6)14(19)17(11(5)13(18)16-15)12(10(3)4)9-20-8-2/h10-12H,7-9H2,1-6H3,(H,16,18). The van der Waals surface area contributed by atoms with E-state index >= 15 is 0 Å². The number of nitrogens with zero attached hydrogens (tertiary/aromatic N) is 1. The van der Waals surface area contributed by atoms with Crippen molar-refractivity contribution in [1.29, 1.82) is 0 Å². The summed E-state index contributed by atoms with van der Waals surface area (Å²) < 4.78 is 5.52. The van der Waals surface area contributed by atoms with E-state index in [1.165, 1.54) is 0 Å². The smallest absolute Gasteiger partial charge is 0.249 e. The molecule has 0 radical (unpaired) electrons. The van der Waals surface area contributed by atoms with Gasteiger partial charge < -0.3 is 15.0 Å². The van der Waals surface area contributed by atoms with Crippen LogP contribution in [0.3, 0.4) is 0 Å². The Morgan fingerprint density at radius 1 is 1.35 bits per heavy atom. The molecule has 1 N–H and O–H groups in total. The van der Waals surface area contributed by atoms with Crippen LogP contribution < -0.4 is 5.32 Å². The highest BCUT2D eigenvalue weighted by molar-refractivity contribution is 5.99. The molecule has 0 aliphatic carbocycles. The van der Waals surface area contributed by atoms with Crippen molar-refractivity contribution in [3.05, 3.63) is 0 Å². The van der Waals surface area contributed by atoms with Crippen molar-refractivity contribution in [2.45, 2.75) is 65.6 Å². The second-order valence-electron chi connectivity index (χ2n) is 6.03. The summed E-state index contributed by atoms with van der Waals surface area (Å²) in [7, 11) is 0. The van der Waals surface area contributed by atoms with Crippen LogP contribution in [0, 0.1) is 5.92 Å². The highest BCUT2D eigenvalue weighted by Crippen LogP contribution is 2.26. The number of piperazine rings is 1. The van der Waals surface area contributed by atoms with Crippen molar-refractivity contribution in [2.24, 2.45) is 5.92 Å². The van der Waals surface area contributed by atoms with Crippen molar-refractivity contribution in [3.8, 4) is 0 Å². The number of ether oxygens (including phenoxy) is 1. The Labute approximate surface area is 122 Å². The maximum absolute atomic E-state index is 12.8. The molecule has 3 unspecified atom stereocenters. The van der Waals surface area contributed by atoms with E-state index in [0.29, 0.717) is 19.6 Å². The minimum Gasteiger partial charge on any atom is -0.380 e. The molecule has 0 aromatic rings. The van der Waals surface area contributed by atoms with Crippen molar-refractivity contribution in [1.82, 2.24) is 10.2 Å². The van der Waals surface area contributed by atoms with E-state index in [9.17, 15) is 9.59 Å². The highest BCUT2D eigenvalue weighted by Gasteiger charge is 2.48. The molecule has 0 aromatic heterocycles. The van der Waals surface area contributed by atoms with Gasteiger partial charge in [-0.15, -0.1) is 0 Å². The zero-order valence-corrected chi connectivity index (χ0v) is 13.5. The fourth-order valence-corrected chi connectivity index (χ4v) is 2.53. The third-order valence-corrected chi connectivity index (χ3v) is 4.23. The largest absolute Gasteiger partial charge is 0.380 e. The maximum atomic E-state index is 12.8. The maximum Gasteiger partial charge on any atom is 0.249 e. The molecule has 0 bridgehead atoms. The van der Waals surface area contributed by atoms with E-state index in [0.717, 1.165) is 0 Å². The van der Waals surface area contributed by atoms with Gasteiger partial charge in [-0.1, -0.05) is 20.8 Å². The Kier molecular flexibility index (Phi) is 5.57. The van der Waals surface area contributed by atoms with Gasteiger partial charge in [0.05, 0.1) is 12.6 Å². The molecule has 1 fully saturated rings. The molecule has 5 heteroatoms. The number of amides is 2. The first-order chi connectivity index (χ1) is 9.28. The normalized spacial score (nSPS) is 28.8. The van der Waals surface area contributed by atoms with E-state index < -0.39 is 11.6 Å². The molecule has 0 aromatic carbocycles. The lowest BCUT2D eigenvalue weighted by Gasteiger charge is -2.47. The zero-order valence-electron chi connectivity index (χ0n) is 13.5. The molecule has 3 atom stereocenters. The summed E-state index contributed by atoms with van der Waals surface area (Å²) in [5.74, 6) is 0.140. The molecule has 0 spiro atoms. The first-order valence-electron chi connectivity index (χ1n) is 7.51. The Balaban J connectivity index is 3.08. The average molecular weight is 284 g/mol. The predicted molar refractivity (Wildman–Crippen MR) is 78.3 cm³/mol. The first kappa shape index (κ1) is 17.0. The Bertz CT molecular complexity index is 370. The summed E-state index contributed by atoms with van der Waals surface area (Å²) >= 11 is 0. The van der Waals surface area contributed by atoms with Crippen LogP contribution in [0.5, 0.6) is 0 Å². The lowest BCUT2D eigenvalue weighted by Crippen LogP contribution is -2.71. The van der Waals surface area contributed by atoms with E-state index in [1.807, 2.05) is 13.8 Å². The topological polar surface area (TPSA) is 58.6 Å². The number of carbonyl (C=O) groups is 2. The van der Waals surface area contributed by atoms with Crippen molar-refractivity contribution < 1.29 is 14.3 Å². The van der Waals surface area contributed by atoms with E-state index in [2.05, 4.69) is 19.2 Å². The van der Waals surface area contributed by atoms with Crippen LogP contribution in [-0.2, 0) is 14.3 Å². The van der Waals surface area contributed by atoms with E-state index in [1.54, 1.807) is 18.7 Å². The molecular weight excluding hydrogens is 256 g/mol. The van der Waals surface area contributed by atoms with Gasteiger partial charge in [-0.3, -0.25) is 9.59 Å². The number of rotatable bonds is 6. The SMILES string of the molecule is CCOCC(C(C)C)N1C(=O)C(C)(CC)NC(=O)C1C. The summed E-state index contributed by atoms with van der Waals surface area (Å²) in [6.07, 6.45) is 0.584. The quantitative estimate of drug-likeness (QED) is 0.805. The molecular formula is C15H28N2O3. The van der Waals surface area contributed by atoms with Gasteiger partial charge >= 0.3 is 0 Å². The van der Waals surface area contributed by atoms with Gasteiger partial charge in [0, 0.05) is 6.61 Å². The van der Waals surface area contributed by atoms with Gasteiger partial charge in [0.25, 0.3) is 0 Å². The van der Waals surface area contributed by atoms with Crippen molar-refractivity contribution in [2.75, 3.05) is 13.2 Å². The molecule has 0 saturated carbocycles. The summed E-state index contributed by atoms with van der Waals surface area (Å²) in [5.41, 5.74) is -0.803. The molecule has 1 heterocycles. The molecule has 1 aliphatic rings. The fourth-order valence-electron chi connectivity index (χ4n) is 2.53. The number of hydrogen-bond acceptors (Lipinski definition) is 3. The van der Waals surface area contributed by atoms with Gasteiger partial charge in [-0.05, 0) is 33.1 Å². The lowest BCUT2D eigenvalue weighted by molar-refractivity contribution is -0.159. The van der Waals surface area contributed by atoms with Crippen molar-refractivity contribution >= 4 is 11.8 Å². The number of hydrogen-bond donors (Lipinski definition) is 1. The molecule has 20 heavy (non-hydrogen) atoms. The minimum absolute atomic E-state index is 0.00879. The van der Waals surface area contributed by atoms with Crippen LogP contribution in [0.1, 0.15) is 48.0 Å². The van der Waals surface area contributed by atoms with Crippen LogP contribution in [0.4, 0.5) is 0 Å². The minimum atomic E-state index is -0.803. The van der Waals surface area contributed by atoms with Gasteiger partial charge in [0.2, 0.25) is 11.8 Å². The van der Waals surface area contributed by atoms with Crippen LogP contribution in [0.15, 0.2) is 0 Å². The first-order valence-corrected chi connectivity index (χ1v) is 7.51. The highest BCUT2D eigenvalue weighted by atomic mass is 16.5. The second-order valence-corrected chi connectivity index (χ2v) is 6.03. The second kappa shape index (κ2) is 6.57. The monoisotopic (exact) mass is 284 g/mol. The van der Waals surface area contributed by atoms with Gasteiger partial charge in [0.1, 0.15) is 11.6 Å². The van der Waals surface area contributed by atoms with Gasteiger partial charge in [-0.2, -0.15) is 0 Å². The van der Waals surface area contributed by atoms with Crippen LogP contribution in [0.2, 0.25) is 0 Å². The number of carbonyl (C=O) groups excluding carboxylic acids is 2. The summed E-state index contributed by atoms with van der Waals surface area (Å²) in [4.78, 5) is 26.7. The molecule has 2 amide bonds. The zero-order chi connectivity index (χ0) is 15.5. The van der Waals surface area contributed by atoms with Crippen molar-refractivity contribution in [3.63, 3.8) is 0 Å². The molecule has 1 rings (SSSR count). The Morgan fingerprint density at radius 3 is 2.40 bits per heavy atom. The lowest BCUT2D eigenvalue weighted by atomic mass is 9.89. The molecule has 116 valence electrons. The van der Waals surface area contributed by atoms with Gasteiger partial charge in [-0.25, -0.2) is 0 Å². The van der Waals surface area contributed by atoms with E-state index in [-0.39, 0.29) is 23.8 Å². The molecule has 1 saturated heterocycles. The average Bonchev–Trinajstić information content (AvgIpc) is 2.40. The third kappa shape index (κ3) is 3.14. The Hall–Kier alpha value is -1.10. The molecule has 1 aliphatic heterocycles. The Morgan fingerprint density at radius 2 is 1.95 bits per heavy atom. The van der Waals surface area contributed by atoms with Crippen LogP contribution in [-0.4, -0.2) is 47.6 Å². The summed E-state index contributed by atoms with van der Waals surface area (Å²) in [5, 5.41) is 2.85. The van der Waals surface area contributed by atoms with Crippen LogP contribution in [0.25, 0.3) is 0 Å². The predicted octanol–water partition coefficient (Wildman–Crippen LogP) is 1.56. The summed E-state index contributed by atoms with van der Waals surface area (Å²) in [6.45, 7) is 12.6. The fraction of sp³-hybridized carbons (Fsp3) is 0.867. The molecule has 5 nitrogen and oxygen atoms in total. The van der Waals surface area contributed by atoms with Crippen LogP contribution >= 0.6 is 0 Å². The van der Waals surface area contributed by atoms with Gasteiger partial charge in [0.15, 0.2) is 0 Å².